The zero-order chi connectivity index (χ0) is 18.6. The van der Waals surface area contributed by atoms with Gasteiger partial charge in [-0.25, -0.2) is 0 Å². The van der Waals surface area contributed by atoms with Gasteiger partial charge in [0.15, 0.2) is 11.5 Å². The van der Waals surface area contributed by atoms with Crippen LogP contribution in [-0.4, -0.2) is 28.7 Å². The van der Waals surface area contributed by atoms with Crippen LogP contribution < -0.4 is 14.8 Å². The number of nitrogens with one attached hydrogen (secondary N) is 1. The first-order chi connectivity index (χ1) is 13.2. The van der Waals surface area contributed by atoms with Crippen molar-refractivity contribution in [3.8, 4) is 23.0 Å². The van der Waals surface area contributed by atoms with Gasteiger partial charge in [-0.15, -0.1) is 16.9 Å². The van der Waals surface area contributed by atoms with E-state index in [0.29, 0.717) is 35.1 Å². The quantitative estimate of drug-likeness (QED) is 0.646. The number of anilines is 1. The van der Waals surface area contributed by atoms with Gasteiger partial charge in [-0.3, -0.25) is 10.1 Å². The number of hydrogen-bond donors (Lipinski definition) is 1. The molecule has 3 aromatic rings. The maximum absolute atomic E-state index is 12.1. The number of fused-ring (bicyclic) bond motifs is 1. The number of aromatic nitrogens is 2. The summed E-state index contributed by atoms with van der Waals surface area (Å²) in [7, 11) is 0. The van der Waals surface area contributed by atoms with Gasteiger partial charge in [-0.05, 0) is 37.3 Å². The van der Waals surface area contributed by atoms with Crippen LogP contribution in [0.1, 0.15) is 12.0 Å². The molecule has 138 valence electrons. The molecule has 27 heavy (non-hydrogen) atoms. The number of carbonyl (C=O) groups is 1. The minimum absolute atomic E-state index is 0.0769. The molecule has 0 saturated carbocycles. The third-order valence-electron chi connectivity index (χ3n) is 3.91. The normalized spacial score (nSPS) is 12.2. The third-order valence-corrected chi connectivity index (χ3v) is 4.92. The largest absolute Gasteiger partial charge is 0.454 e. The van der Waals surface area contributed by atoms with Crippen LogP contribution in [0.5, 0.6) is 11.5 Å². The zero-order valence-electron chi connectivity index (χ0n) is 14.6. The lowest BCUT2D eigenvalue weighted by Crippen LogP contribution is -2.12. The van der Waals surface area contributed by atoms with Crippen LogP contribution in [0.2, 0.25) is 0 Å². The third kappa shape index (κ3) is 4.22. The van der Waals surface area contributed by atoms with Crippen LogP contribution in [0.3, 0.4) is 0 Å². The van der Waals surface area contributed by atoms with E-state index in [1.54, 1.807) is 30.0 Å². The first kappa shape index (κ1) is 17.4. The molecule has 2 heterocycles. The van der Waals surface area contributed by atoms with Gasteiger partial charge in [0, 0.05) is 22.6 Å². The Morgan fingerprint density at radius 1 is 1.11 bits per heavy atom. The van der Waals surface area contributed by atoms with Gasteiger partial charge in [-0.1, -0.05) is 22.8 Å². The molecular formula is C19H17N3O4S. The van der Waals surface area contributed by atoms with Crippen LogP contribution in [0.25, 0.3) is 11.5 Å². The fourth-order valence-electron chi connectivity index (χ4n) is 2.50. The summed E-state index contributed by atoms with van der Waals surface area (Å²) >= 11 is 1.63. The van der Waals surface area contributed by atoms with E-state index in [-0.39, 0.29) is 18.7 Å². The first-order valence-corrected chi connectivity index (χ1v) is 9.39. The highest BCUT2D eigenvalue weighted by Crippen LogP contribution is 2.35. The Hall–Kier alpha value is -3.00. The van der Waals surface area contributed by atoms with E-state index in [1.807, 2.05) is 19.1 Å². The van der Waals surface area contributed by atoms with Crippen molar-refractivity contribution in [2.75, 3.05) is 17.9 Å². The average molecular weight is 383 g/mol. The minimum atomic E-state index is -0.171. The van der Waals surface area contributed by atoms with Gasteiger partial charge in [0.05, 0.1) is 0 Å². The maximum atomic E-state index is 12.1. The fraction of sp³-hybridized carbons (Fsp3) is 0.211. The standard InChI is InChI=1S/C19H17N3O4S/c1-12-2-5-14(6-3-12)27-9-8-17(23)20-19-22-21-18(26-19)13-4-7-15-16(10-13)25-11-24-15/h2-7,10H,8-9,11H2,1H3,(H,20,22,23). The van der Waals surface area contributed by atoms with Crippen LogP contribution in [0.15, 0.2) is 51.8 Å². The molecule has 0 aliphatic carbocycles. The number of nitrogens with zero attached hydrogens (tertiary/aromatic N) is 2. The molecule has 1 N–H and O–H groups in total. The van der Waals surface area contributed by atoms with Crippen LogP contribution >= 0.6 is 11.8 Å². The predicted molar refractivity (Wildman–Crippen MR) is 101 cm³/mol. The monoisotopic (exact) mass is 383 g/mol. The number of thioether (sulfide) groups is 1. The fourth-order valence-corrected chi connectivity index (χ4v) is 3.35. The number of benzene rings is 2. The number of aryl methyl sites for hydroxylation is 1. The Balaban J connectivity index is 1.31. The zero-order valence-corrected chi connectivity index (χ0v) is 15.4. The lowest BCUT2D eigenvalue weighted by Gasteiger charge is -2.02. The Labute approximate surface area is 160 Å². The molecule has 0 unspecified atom stereocenters. The van der Waals surface area contributed by atoms with E-state index in [0.717, 1.165) is 4.90 Å². The Morgan fingerprint density at radius 3 is 2.78 bits per heavy atom. The summed E-state index contributed by atoms with van der Waals surface area (Å²) in [5, 5.41) is 10.5. The van der Waals surface area contributed by atoms with Crippen molar-refractivity contribution < 1.29 is 18.7 Å². The van der Waals surface area contributed by atoms with Crippen molar-refractivity contribution in [1.29, 1.82) is 0 Å². The second-order valence-electron chi connectivity index (χ2n) is 5.94. The van der Waals surface area contributed by atoms with Crippen molar-refractivity contribution in [2.24, 2.45) is 0 Å². The summed E-state index contributed by atoms with van der Waals surface area (Å²) < 4.78 is 16.1. The number of amides is 1. The van der Waals surface area contributed by atoms with Gasteiger partial charge >= 0.3 is 6.01 Å². The topological polar surface area (TPSA) is 86.5 Å². The van der Waals surface area contributed by atoms with E-state index in [4.69, 9.17) is 13.9 Å². The highest BCUT2D eigenvalue weighted by molar-refractivity contribution is 7.99. The van der Waals surface area contributed by atoms with Crippen molar-refractivity contribution in [3.63, 3.8) is 0 Å². The van der Waals surface area contributed by atoms with Gasteiger partial charge in [0.2, 0.25) is 18.6 Å². The van der Waals surface area contributed by atoms with Gasteiger partial charge < -0.3 is 13.9 Å². The molecule has 0 atom stereocenters. The highest BCUT2D eigenvalue weighted by atomic mass is 32.2. The number of rotatable bonds is 6. The number of carbonyl (C=O) groups excluding carboxylic acids is 1. The molecule has 0 spiro atoms. The minimum Gasteiger partial charge on any atom is -0.454 e. The summed E-state index contributed by atoms with van der Waals surface area (Å²) in [6, 6.07) is 13.6. The molecule has 4 rings (SSSR count). The Kier molecular flexibility index (Phi) is 4.97. The summed E-state index contributed by atoms with van der Waals surface area (Å²) in [5.41, 5.74) is 1.91. The van der Waals surface area contributed by atoms with Gasteiger partial charge in [-0.2, -0.15) is 0 Å². The molecule has 8 heteroatoms. The second-order valence-corrected chi connectivity index (χ2v) is 7.11. The van der Waals surface area contributed by atoms with Crippen LogP contribution in [-0.2, 0) is 4.79 Å². The SMILES string of the molecule is Cc1ccc(SCCC(=O)Nc2nnc(-c3ccc4c(c3)OCO4)o2)cc1. The second kappa shape index (κ2) is 7.71. The molecule has 0 fully saturated rings. The molecule has 2 aromatic carbocycles. The van der Waals surface area contributed by atoms with E-state index < -0.39 is 0 Å². The summed E-state index contributed by atoms with van der Waals surface area (Å²) in [5.74, 6) is 2.10. The number of ether oxygens (including phenoxy) is 2. The van der Waals surface area contributed by atoms with Crippen molar-refractivity contribution >= 4 is 23.7 Å². The molecule has 7 nitrogen and oxygen atoms in total. The maximum Gasteiger partial charge on any atom is 0.322 e. The Bertz CT molecular complexity index is 956. The lowest BCUT2D eigenvalue weighted by atomic mass is 10.2. The van der Waals surface area contributed by atoms with Gasteiger partial charge in [0.1, 0.15) is 0 Å². The van der Waals surface area contributed by atoms with Gasteiger partial charge in [0.25, 0.3) is 0 Å². The molecule has 1 aliphatic rings. The van der Waals surface area contributed by atoms with E-state index in [9.17, 15) is 4.79 Å². The molecule has 0 bridgehead atoms. The van der Waals surface area contributed by atoms with E-state index in [2.05, 4.69) is 27.6 Å². The first-order valence-electron chi connectivity index (χ1n) is 8.40. The summed E-state index contributed by atoms with van der Waals surface area (Å²) in [4.78, 5) is 13.2. The molecule has 1 aromatic heterocycles. The number of hydrogen-bond acceptors (Lipinski definition) is 7. The predicted octanol–water partition coefficient (Wildman–Crippen LogP) is 3.89. The summed E-state index contributed by atoms with van der Waals surface area (Å²) in [6.07, 6.45) is 0.348. The van der Waals surface area contributed by atoms with Crippen molar-refractivity contribution in [2.45, 2.75) is 18.2 Å². The highest BCUT2D eigenvalue weighted by Gasteiger charge is 2.17. The molecule has 0 radical (unpaired) electrons. The lowest BCUT2D eigenvalue weighted by molar-refractivity contribution is -0.115. The summed E-state index contributed by atoms with van der Waals surface area (Å²) in [6.45, 7) is 2.24. The average Bonchev–Trinajstić information content (AvgIpc) is 3.32. The molecule has 1 aliphatic heterocycles. The molecular weight excluding hydrogens is 366 g/mol. The van der Waals surface area contributed by atoms with Crippen molar-refractivity contribution in [1.82, 2.24) is 10.2 Å². The van der Waals surface area contributed by atoms with Crippen LogP contribution in [0.4, 0.5) is 6.01 Å². The molecule has 0 saturated heterocycles. The van der Waals surface area contributed by atoms with E-state index in [1.165, 1.54) is 5.56 Å². The van der Waals surface area contributed by atoms with Crippen molar-refractivity contribution in [3.05, 3.63) is 48.0 Å². The smallest absolute Gasteiger partial charge is 0.322 e. The molecule has 1 amide bonds. The van der Waals surface area contributed by atoms with E-state index >= 15 is 0 Å². The van der Waals surface area contributed by atoms with Crippen LogP contribution in [0, 0.1) is 6.92 Å². The Morgan fingerprint density at radius 2 is 1.93 bits per heavy atom.